The molecule has 0 bridgehead atoms. The van der Waals surface area contributed by atoms with Crippen molar-refractivity contribution in [2.24, 2.45) is 0 Å². The predicted molar refractivity (Wildman–Crippen MR) is 107 cm³/mol. The van der Waals surface area contributed by atoms with Crippen molar-refractivity contribution in [3.05, 3.63) is 83.9 Å². The smallest absolute Gasteiger partial charge is 0.274 e. The summed E-state index contributed by atoms with van der Waals surface area (Å²) in [4.78, 5) is 18.5. The minimum atomic E-state index is -0.266. The average Bonchev–Trinajstić information content (AvgIpc) is 2.68. The van der Waals surface area contributed by atoms with Gasteiger partial charge in [0.2, 0.25) is 0 Å². The molecule has 0 aliphatic carbocycles. The first-order valence-electron chi connectivity index (χ1n) is 8.54. The van der Waals surface area contributed by atoms with Gasteiger partial charge in [0.15, 0.2) is 0 Å². The minimum Gasteiger partial charge on any atom is -0.380 e. The van der Waals surface area contributed by atoms with Gasteiger partial charge in [0.05, 0.1) is 11.9 Å². The first-order chi connectivity index (χ1) is 13.0. The Bertz CT molecular complexity index is 891. The van der Waals surface area contributed by atoms with Crippen LogP contribution in [0.3, 0.4) is 0 Å². The monoisotopic (exact) mass is 364 g/mol. The highest BCUT2D eigenvalue weighted by Crippen LogP contribution is 2.16. The van der Waals surface area contributed by atoms with Gasteiger partial charge in [0.25, 0.3) is 5.91 Å². The molecule has 0 fully saturated rings. The van der Waals surface area contributed by atoms with E-state index in [2.05, 4.69) is 15.6 Å². The molecule has 0 saturated heterocycles. The Morgan fingerprint density at radius 2 is 1.63 bits per heavy atom. The van der Waals surface area contributed by atoms with Crippen molar-refractivity contribution in [1.29, 1.82) is 0 Å². The SMILES string of the molecule is CN(C)c1ccc(NC(=O)c2ccc(NCc3ccc(F)cc3)cn2)cc1. The molecular formula is C21H21FN4O. The molecule has 0 spiro atoms. The summed E-state index contributed by atoms with van der Waals surface area (Å²) in [6.45, 7) is 0.547. The molecular weight excluding hydrogens is 343 g/mol. The third-order valence-electron chi connectivity index (χ3n) is 4.05. The molecule has 1 aromatic heterocycles. The average molecular weight is 364 g/mol. The Balaban J connectivity index is 1.57. The second-order valence-corrected chi connectivity index (χ2v) is 6.31. The van der Waals surface area contributed by atoms with Crippen molar-refractivity contribution in [2.45, 2.75) is 6.54 Å². The van der Waals surface area contributed by atoms with Crippen LogP contribution in [0.15, 0.2) is 66.9 Å². The molecule has 2 N–H and O–H groups in total. The molecule has 0 saturated carbocycles. The van der Waals surface area contributed by atoms with Gasteiger partial charge in [-0.3, -0.25) is 4.79 Å². The van der Waals surface area contributed by atoms with E-state index >= 15 is 0 Å². The lowest BCUT2D eigenvalue weighted by atomic mass is 10.2. The number of halogens is 1. The maximum atomic E-state index is 12.9. The van der Waals surface area contributed by atoms with E-state index in [4.69, 9.17) is 0 Å². The molecule has 2 aromatic carbocycles. The van der Waals surface area contributed by atoms with Crippen LogP contribution in [0.1, 0.15) is 16.1 Å². The molecule has 3 aromatic rings. The Morgan fingerprint density at radius 3 is 2.22 bits per heavy atom. The molecule has 0 unspecified atom stereocenters. The van der Waals surface area contributed by atoms with Crippen molar-refractivity contribution < 1.29 is 9.18 Å². The van der Waals surface area contributed by atoms with Gasteiger partial charge in [0, 0.05) is 32.0 Å². The Hall–Kier alpha value is -3.41. The first kappa shape index (κ1) is 18.4. The summed E-state index contributed by atoms with van der Waals surface area (Å²) in [6, 6.07) is 17.3. The van der Waals surface area contributed by atoms with Crippen LogP contribution in [-0.2, 0) is 6.54 Å². The Kier molecular flexibility index (Phi) is 5.66. The van der Waals surface area contributed by atoms with E-state index in [-0.39, 0.29) is 11.7 Å². The zero-order chi connectivity index (χ0) is 19.2. The minimum absolute atomic E-state index is 0.257. The third-order valence-corrected chi connectivity index (χ3v) is 4.05. The molecule has 27 heavy (non-hydrogen) atoms. The maximum Gasteiger partial charge on any atom is 0.274 e. The second kappa shape index (κ2) is 8.31. The molecule has 6 heteroatoms. The molecule has 1 amide bonds. The number of hydrogen-bond acceptors (Lipinski definition) is 4. The Morgan fingerprint density at radius 1 is 0.963 bits per heavy atom. The van der Waals surface area contributed by atoms with Crippen LogP contribution in [0.25, 0.3) is 0 Å². The number of nitrogens with one attached hydrogen (secondary N) is 2. The van der Waals surface area contributed by atoms with Gasteiger partial charge in [0.1, 0.15) is 11.5 Å². The number of aromatic nitrogens is 1. The van der Waals surface area contributed by atoms with E-state index in [1.165, 1.54) is 12.1 Å². The van der Waals surface area contributed by atoms with Crippen LogP contribution in [-0.4, -0.2) is 25.0 Å². The molecule has 1 heterocycles. The van der Waals surface area contributed by atoms with E-state index in [0.717, 1.165) is 16.9 Å². The molecule has 0 radical (unpaired) electrons. The quantitative estimate of drug-likeness (QED) is 0.690. The van der Waals surface area contributed by atoms with Gasteiger partial charge in [-0.2, -0.15) is 0 Å². The number of anilines is 3. The lowest BCUT2D eigenvalue weighted by Crippen LogP contribution is -2.14. The van der Waals surface area contributed by atoms with Crippen LogP contribution in [0.2, 0.25) is 0 Å². The highest BCUT2D eigenvalue weighted by atomic mass is 19.1. The summed E-state index contributed by atoms with van der Waals surface area (Å²) in [6.07, 6.45) is 1.60. The van der Waals surface area contributed by atoms with E-state index in [9.17, 15) is 9.18 Å². The fourth-order valence-electron chi connectivity index (χ4n) is 2.48. The number of nitrogens with zero attached hydrogens (tertiary/aromatic N) is 2. The van der Waals surface area contributed by atoms with Crippen molar-refractivity contribution in [1.82, 2.24) is 4.98 Å². The number of carbonyl (C=O) groups is 1. The molecule has 0 atom stereocenters. The number of pyridine rings is 1. The number of carbonyl (C=O) groups excluding carboxylic acids is 1. The van der Waals surface area contributed by atoms with Crippen molar-refractivity contribution in [3.8, 4) is 0 Å². The largest absolute Gasteiger partial charge is 0.380 e. The van der Waals surface area contributed by atoms with E-state index in [1.54, 1.807) is 30.5 Å². The van der Waals surface area contributed by atoms with Crippen molar-refractivity contribution in [2.75, 3.05) is 29.6 Å². The van der Waals surface area contributed by atoms with E-state index < -0.39 is 0 Å². The van der Waals surface area contributed by atoms with Crippen LogP contribution in [0.5, 0.6) is 0 Å². The van der Waals surface area contributed by atoms with Gasteiger partial charge in [-0.15, -0.1) is 0 Å². The predicted octanol–water partition coefficient (Wildman–Crippen LogP) is 4.15. The Labute approximate surface area is 157 Å². The summed E-state index contributed by atoms with van der Waals surface area (Å²) in [5, 5.41) is 6.02. The number of benzene rings is 2. The summed E-state index contributed by atoms with van der Waals surface area (Å²) in [5.41, 5.74) is 3.85. The molecule has 0 aliphatic rings. The lowest BCUT2D eigenvalue weighted by molar-refractivity contribution is 0.102. The number of rotatable bonds is 6. The normalized spacial score (nSPS) is 10.3. The highest BCUT2D eigenvalue weighted by Gasteiger charge is 2.08. The lowest BCUT2D eigenvalue weighted by Gasteiger charge is -2.13. The molecule has 138 valence electrons. The summed E-state index contributed by atoms with van der Waals surface area (Å²) in [5.74, 6) is -0.523. The van der Waals surface area contributed by atoms with Gasteiger partial charge >= 0.3 is 0 Å². The van der Waals surface area contributed by atoms with E-state index in [1.807, 2.05) is 43.3 Å². The second-order valence-electron chi connectivity index (χ2n) is 6.31. The van der Waals surface area contributed by atoms with Gasteiger partial charge in [-0.05, 0) is 54.1 Å². The van der Waals surface area contributed by atoms with Crippen molar-refractivity contribution in [3.63, 3.8) is 0 Å². The van der Waals surface area contributed by atoms with Crippen LogP contribution in [0, 0.1) is 5.82 Å². The summed E-state index contributed by atoms with van der Waals surface area (Å²) >= 11 is 0. The summed E-state index contributed by atoms with van der Waals surface area (Å²) in [7, 11) is 3.92. The zero-order valence-electron chi connectivity index (χ0n) is 15.2. The molecule has 3 rings (SSSR count). The standard InChI is InChI=1S/C21H21FN4O/c1-26(2)19-10-7-17(8-11-19)25-21(27)20-12-9-18(14-24-20)23-13-15-3-5-16(22)6-4-15/h3-12,14,23H,13H2,1-2H3,(H,25,27). The van der Waals surface area contributed by atoms with Gasteiger partial charge < -0.3 is 15.5 Å². The fraction of sp³-hybridized carbons (Fsp3) is 0.143. The van der Waals surface area contributed by atoms with Crippen LogP contribution in [0.4, 0.5) is 21.5 Å². The topological polar surface area (TPSA) is 57.3 Å². The highest BCUT2D eigenvalue weighted by molar-refractivity contribution is 6.03. The maximum absolute atomic E-state index is 12.9. The van der Waals surface area contributed by atoms with E-state index in [0.29, 0.717) is 17.9 Å². The van der Waals surface area contributed by atoms with Crippen LogP contribution < -0.4 is 15.5 Å². The first-order valence-corrected chi connectivity index (χ1v) is 8.54. The number of hydrogen-bond donors (Lipinski definition) is 2. The van der Waals surface area contributed by atoms with Crippen molar-refractivity contribution >= 4 is 23.0 Å². The number of amides is 1. The fourth-order valence-corrected chi connectivity index (χ4v) is 2.48. The third kappa shape index (κ3) is 5.04. The molecule has 0 aliphatic heterocycles. The zero-order valence-corrected chi connectivity index (χ0v) is 15.2. The van der Waals surface area contributed by atoms with Crippen LogP contribution >= 0.6 is 0 Å². The summed E-state index contributed by atoms with van der Waals surface area (Å²) < 4.78 is 12.9. The molecule has 5 nitrogen and oxygen atoms in total. The van der Waals surface area contributed by atoms with Gasteiger partial charge in [-0.25, -0.2) is 9.37 Å². The van der Waals surface area contributed by atoms with Gasteiger partial charge in [-0.1, -0.05) is 12.1 Å².